The Morgan fingerprint density at radius 2 is 2.12 bits per heavy atom. The van der Waals surface area contributed by atoms with Gasteiger partial charge in [0.05, 0.1) is 0 Å². The smallest absolute Gasteiger partial charge is 0.159 e. The highest BCUT2D eigenvalue weighted by Gasteiger charge is 2.06. The molecule has 17 heavy (non-hydrogen) atoms. The Morgan fingerprint density at radius 3 is 2.65 bits per heavy atom. The molecule has 0 aliphatic carbocycles. The monoisotopic (exact) mass is 268 g/mol. The van der Waals surface area contributed by atoms with Crippen molar-refractivity contribution in [3.63, 3.8) is 0 Å². The topological polar surface area (TPSA) is 52.1 Å². The van der Waals surface area contributed by atoms with Gasteiger partial charge >= 0.3 is 0 Å². The molecule has 2 rings (SSSR count). The number of Topliss-reactive ketones (excluding diaryl/α,β-unsaturated/α-hetero) is 1. The molecule has 0 aliphatic rings. The number of aromatic nitrogens is 2. The van der Waals surface area contributed by atoms with E-state index in [2.05, 4.69) is 9.59 Å². The average Bonchev–Trinajstić information content (AvgIpc) is 2.73. The summed E-state index contributed by atoms with van der Waals surface area (Å²) in [5.74, 6) is 0.697. The molecule has 1 aromatic carbocycles. The van der Waals surface area contributed by atoms with Gasteiger partial charge in [-0.15, -0.1) is 5.10 Å². The molecule has 4 nitrogen and oxygen atoms in total. The minimum atomic E-state index is 0.0308. The van der Waals surface area contributed by atoms with E-state index in [1.165, 1.54) is 6.92 Å². The number of carbonyl (C=O) groups excluding carboxylic acids is 1. The SMILES string of the molecule is CC(=O)c1ccc(OCc2nnsc2Cl)cc1. The number of halogens is 1. The Kier molecular flexibility index (Phi) is 3.71. The molecule has 1 heterocycles. The molecule has 88 valence electrons. The summed E-state index contributed by atoms with van der Waals surface area (Å²) in [5.41, 5.74) is 1.28. The largest absolute Gasteiger partial charge is 0.487 e. The fourth-order valence-electron chi connectivity index (χ4n) is 1.22. The fraction of sp³-hybridized carbons (Fsp3) is 0.182. The quantitative estimate of drug-likeness (QED) is 0.800. The van der Waals surface area contributed by atoms with Crippen molar-refractivity contribution in [3.8, 4) is 5.75 Å². The lowest BCUT2D eigenvalue weighted by atomic mass is 10.1. The lowest BCUT2D eigenvalue weighted by Gasteiger charge is -2.04. The normalized spacial score (nSPS) is 10.2. The molecular weight excluding hydrogens is 260 g/mol. The molecule has 0 saturated carbocycles. The Bertz CT molecular complexity index is 525. The Labute approximate surface area is 107 Å². The van der Waals surface area contributed by atoms with E-state index >= 15 is 0 Å². The molecule has 2 aromatic rings. The van der Waals surface area contributed by atoms with E-state index in [0.29, 0.717) is 21.3 Å². The third-order valence-corrected chi connectivity index (χ3v) is 3.13. The second-order valence-electron chi connectivity index (χ2n) is 3.36. The maximum Gasteiger partial charge on any atom is 0.159 e. The van der Waals surface area contributed by atoms with Crippen LogP contribution in [0.2, 0.25) is 4.34 Å². The minimum absolute atomic E-state index is 0.0308. The number of ketones is 1. The number of hydrogen-bond donors (Lipinski definition) is 0. The van der Waals surface area contributed by atoms with E-state index < -0.39 is 0 Å². The van der Waals surface area contributed by atoms with Gasteiger partial charge in [0, 0.05) is 17.1 Å². The average molecular weight is 269 g/mol. The van der Waals surface area contributed by atoms with E-state index in [9.17, 15) is 4.79 Å². The van der Waals surface area contributed by atoms with E-state index in [4.69, 9.17) is 16.3 Å². The van der Waals surface area contributed by atoms with Crippen molar-refractivity contribution >= 4 is 28.9 Å². The summed E-state index contributed by atoms with van der Waals surface area (Å²) in [6, 6.07) is 6.92. The first-order chi connectivity index (χ1) is 8.16. The van der Waals surface area contributed by atoms with Gasteiger partial charge in [0.2, 0.25) is 0 Å². The molecule has 6 heteroatoms. The van der Waals surface area contributed by atoms with Crippen LogP contribution in [-0.2, 0) is 6.61 Å². The van der Waals surface area contributed by atoms with Crippen LogP contribution in [0.1, 0.15) is 23.0 Å². The molecule has 0 spiro atoms. The third-order valence-electron chi connectivity index (χ3n) is 2.15. The number of ether oxygens (including phenoxy) is 1. The molecule has 0 saturated heterocycles. The van der Waals surface area contributed by atoms with Crippen molar-refractivity contribution in [2.45, 2.75) is 13.5 Å². The minimum Gasteiger partial charge on any atom is -0.487 e. The van der Waals surface area contributed by atoms with Crippen molar-refractivity contribution in [2.24, 2.45) is 0 Å². The van der Waals surface area contributed by atoms with E-state index in [1.54, 1.807) is 24.3 Å². The predicted molar refractivity (Wildman–Crippen MR) is 65.7 cm³/mol. The molecule has 1 aromatic heterocycles. The Hall–Kier alpha value is -1.46. The molecule has 0 aliphatic heterocycles. The van der Waals surface area contributed by atoms with Gasteiger partial charge in [-0.1, -0.05) is 16.1 Å². The highest BCUT2D eigenvalue weighted by molar-refractivity contribution is 7.10. The van der Waals surface area contributed by atoms with Crippen LogP contribution in [0.3, 0.4) is 0 Å². The van der Waals surface area contributed by atoms with Gasteiger partial charge in [-0.05, 0) is 31.2 Å². The zero-order valence-corrected chi connectivity index (χ0v) is 10.6. The van der Waals surface area contributed by atoms with Crippen LogP contribution in [-0.4, -0.2) is 15.4 Å². The van der Waals surface area contributed by atoms with Crippen molar-refractivity contribution in [3.05, 3.63) is 39.9 Å². The van der Waals surface area contributed by atoms with Gasteiger partial charge in [-0.25, -0.2) is 0 Å². The first-order valence-corrected chi connectivity index (χ1v) is 6.02. The van der Waals surface area contributed by atoms with E-state index in [-0.39, 0.29) is 12.4 Å². The predicted octanol–water partition coefficient (Wildman–Crippen LogP) is 2.97. The molecule has 0 amide bonds. The molecule has 0 unspecified atom stereocenters. The summed E-state index contributed by atoms with van der Waals surface area (Å²) >= 11 is 6.97. The molecule has 0 fully saturated rings. The summed E-state index contributed by atoms with van der Waals surface area (Å²) in [5, 5.41) is 3.83. The summed E-state index contributed by atoms with van der Waals surface area (Å²) in [7, 11) is 0. The zero-order valence-electron chi connectivity index (χ0n) is 9.01. The van der Waals surface area contributed by atoms with E-state index in [0.717, 1.165) is 11.5 Å². The Morgan fingerprint density at radius 1 is 1.41 bits per heavy atom. The highest BCUT2D eigenvalue weighted by atomic mass is 35.5. The number of nitrogens with zero attached hydrogens (tertiary/aromatic N) is 2. The van der Waals surface area contributed by atoms with Gasteiger partial charge in [-0.2, -0.15) is 0 Å². The molecule has 0 bridgehead atoms. The maximum absolute atomic E-state index is 11.1. The van der Waals surface area contributed by atoms with Gasteiger partial charge in [0.1, 0.15) is 22.4 Å². The zero-order chi connectivity index (χ0) is 12.3. The molecule has 0 atom stereocenters. The summed E-state index contributed by atoms with van der Waals surface area (Å²) in [4.78, 5) is 11.1. The third kappa shape index (κ3) is 3.01. The first kappa shape index (κ1) is 12.0. The van der Waals surface area contributed by atoms with Crippen LogP contribution >= 0.6 is 23.1 Å². The second-order valence-corrected chi connectivity index (χ2v) is 4.72. The lowest BCUT2D eigenvalue weighted by molar-refractivity contribution is 0.101. The van der Waals surface area contributed by atoms with Gasteiger partial charge in [-0.3, -0.25) is 4.79 Å². The van der Waals surface area contributed by atoms with Crippen LogP contribution < -0.4 is 4.74 Å². The van der Waals surface area contributed by atoms with Gasteiger partial charge in [0.15, 0.2) is 5.78 Å². The number of rotatable bonds is 4. The molecule has 0 radical (unpaired) electrons. The summed E-state index contributed by atoms with van der Waals surface area (Å²) in [6.07, 6.45) is 0. The second kappa shape index (κ2) is 5.25. The van der Waals surface area contributed by atoms with Crippen LogP contribution in [0.4, 0.5) is 0 Å². The van der Waals surface area contributed by atoms with E-state index in [1.807, 2.05) is 0 Å². The molecule has 0 N–H and O–H groups in total. The van der Waals surface area contributed by atoms with Crippen molar-refractivity contribution < 1.29 is 9.53 Å². The maximum atomic E-state index is 11.1. The van der Waals surface area contributed by atoms with Crippen LogP contribution in [0.25, 0.3) is 0 Å². The van der Waals surface area contributed by atoms with Crippen molar-refractivity contribution in [1.82, 2.24) is 9.59 Å². The van der Waals surface area contributed by atoms with Crippen molar-refractivity contribution in [2.75, 3.05) is 0 Å². The lowest BCUT2D eigenvalue weighted by Crippen LogP contribution is -1.97. The van der Waals surface area contributed by atoms with Gasteiger partial charge < -0.3 is 4.74 Å². The highest BCUT2D eigenvalue weighted by Crippen LogP contribution is 2.20. The number of carbonyl (C=O) groups is 1. The summed E-state index contributed by atoms with van der Waals surface area (Å²) < 4.78 is 9.71. The number of benzene rings is 1. The van der Waals surface area contributed by atoms with Crippen LogP contribution in [0, 0.1) is 0 Å². The number of hydrogen-bond acceptors (Lipinski definition) is 5. The molecular formula is C11H9ClN2O2S. The first-order valence-electron chi connectivity index (χ1n) is 4.87. The standard InChI is InChI=1S/C11H9ClN2O2S/c1-7(15)8-2-4-9(5-3-8)16-6-10-11(12)17-14-13-10/h2-5H,6H2,1H3. The Balaban J connectivity index is 2.00. The summed E-state index contributed by atoms with van der Waals surface area (Å²) in [6.45, 7) is 1.80. The van der Waals surface area contributed by atoms with Crippen molar-refractivity contribution in [1.29, 1.82) is 0 Å². The van der Waals surface area contributed by atoms with Crippen LogP contribution in [0.15, 0.2) is 24.3 Å². The van der Waals surface area contributed by atoms with Gasteiger partial charge in [0.25, 0.3) is 0 Å². The van der Waals surface area contributed by atoms with Crippen LogP contribution in [0.5, 0.6) is 5.75 Å². The fourth-order valence-corrected chi connectivity index (χ4v) is 1.82.